The van der Waals surface area contributed by atoms with E-state index in [1.807, 2.05) is 0 Å². The predicted molar refractivity (Wildman–Crippen MR) is 136 cm³/mol. The van der Waals surface area contributed by atoms with E-state index in [-0.39, 0.29) is 37.2 Å². The SMILES string of the molecule is COC(=O)NCC(=O)N1[C@H](C(=O)N2C[C@@]3(C[C@H]2C(N)=O)Oc2cccnc2NC3=O)[C@H]2CC[C@]1(CC(C)C)C2. The summed E-state index contributed by atoms with van der Waals surface area (Å²) in [7, 11) is 1.20. The zero-order valence-electron chi connectivity index (χ0n) is 22.3. The molecule has 210 valence electrons. The van der Waals surface area contributed by atoms with Crippen LogP contribution >= 0.6 is 0 Å². The first-order valence-electron chi connectivity index (χ1n) is 13.2. The molecule has 13 heteroatoms. The van der Waals surface area contributed by atoms with Gasteiger partial charge in [0.05, 0.1) is 13.7 Å². The van der Waals surface area contributed by atoms with E-state index >= 15 is 0 Å². The van der Waals surface area contributed by atoms with Gasteiger partial charge in [0.2, 0.25) is 23.3 Å². The van der Waals surface area contributed by atoms with Crippen LogP contribution in [0.5, 0.6) is 5.75 Å². The van der Waals surface area contributed by atoms with Gasteiger partial charge in [-0.1, -0.05) is 13.8 Å². The number of nitrogens with two attached hydrogens (primary N) is 1. The number of alkyl carbamates (subject to hydrolysis) is 1. The molecule has 13 nitrogen and oxygen atoms in total. The van der Waals surface area contributed by atoms with Crippen molar-refractivity contribution in [2.24, 2.45) is 17.6 Å². The van der Waals surface area contributed by atoms with Gasteiger partial charge in [0.1, 0.15) is 18.6 Å². The molecule has 5 atom stereocenters. The maximum atomic E-state index is 14.3. The van der Waals surface area contributed by atoms with Crippen molar-refractivity contribution in [3.05, 3.63) is 18.3 Å². The first kappa shape index (κ1) is 26.7. The molecule has 5 rings (SSSR count). The summed E-state index contributed by atoms with van der Waals surface area (Å²) in [6.45, 7) is 3.58. The second-order valence-corrected chi connectivity index (χ2v) is 11.4. The molecule has 4 heterocycles. The van der Waals surface area contributed by atoms with Crippen molar-refractivity contribution >= 4 is 35.5 Å². The lowest BCUT2D eigenvalue weighted by molar-refractivity contribution is -0.153. The second kappa shape index (κ2) is 9.69. The molecule has 0 unspecified atom stereocenters. The van der Waals surface area contributed by atoms with Crippen molar-refractivity contribution in [1.82, 2.24) is 20.1 Å². The fourth-order valence-corrected chi connectivity index (χ4v) is 7.03. The number of anilines is 1. The van der Waals surface area contributed by atoms with Gasteiger partial charge in [-0.2, -0.15) is 0 Å². The van der Waals surface area contributed by atoms with Gasteiger partial charge in [-0.15, -0.1) is 0 Å². The van der Waals surface area contributed by atoms with Crippen LogP contribution in [0.25, 0.3) is 0 Å². The largest absolute Gasteiger partial charge is 0.472 e. The van der Waals surface area contributed by atoms with Gasteiger partial charge in [-0.25, -0.2) is 9.78 Å². The molecule has 5 amide bonds. The van der Waals surface area contributed by atoms with E-state index in [0.717, 1.165) is 12.8 Å². The molecule has 0 aromatic carbocycles. The summed E-state index contributed by atoms with van der Waals surface area (Å²) in [4.78, 5) is 72.4. The average molecular weight is 543 g/mol. The predicted octanol–water partition coefficient (Wildman–Crippen LogP) is 0.389. The summed E-state index contributed by atoms with van der Waals surface area (Å²) in [5.41, 5.74) is 3.67. The number of primary amides is 1. The van der Waals surface area contributed by atoms with Crippen molar-refractivity contribution in [3.63, 3.8) is 0 Å². The molecule has 0 radical (unpaired) electrons. The first-order valence-corrected chi connectivity index (χ1v) is 13.2. The number of hydrogen-bond acceptors (Lipinski definition) is 8. The Hall–Kier alpha value is -3.90. The van der Waals surface area contributed by atoms with Gasteiger partial charge < -0.3 is 35.6 Å². The summed E-state index contributed by atoms with van der Waals surface area (Å²) in [5, 5.41) is 5.14. The number of piperidine rings is 1. The summed E-state index contributed by atoms with van der Waals surface area (Å²) in [6.07, 6.45) is 3.45. The van der Waals surface area contributed by atoms with Gasteiger partial charge in [0.25, 0.3) is 5.91 Å². The number of rotatable bonds is 6. The number of likely N-dealkylation sites (tertiary alicyclic amines) is 2. The highest BCUT2D eigenvalue weighted by Crippen LogP contribution is 2.54. The quantitative estimate of drug-likeness (QED) is 0.463. The minimum absolute atomic E-state index is 0.124. The number of nitrogens with zero attached hydrogens (tertiary/aromatic N) is 3. The molecule has 39 heavy (non-hydrogen) atoms. The summed E-state index contributed by atoms with van der Waals surface area (Å²) < 4.78 is 10.7. The van der Waals surface area contributed by atoms with Crippen LogP contribution in [0.4, 0.5) is 10.6 Å². The molecule has 4 aliphatic rings. The molecule has 2 saturated heterocycles. The number of ether oxygens (including phenoxy) is 2. The Morgan fingerprint density at radius 1 is 1.31 bits per heavy atom. The van der Waals surface area contributed by atoms with Gasteiger partial charge >= 0.3 is 6.09 Å². The number of amides is 5. The lowest BCUT2D eigenvalue weighted by Crippen LogP contribution is -2.62. The van der Waals surface area contributed by atoms with Crippen LogP contribution in [-0.2, 0) is 23.9 Å². The Bertz CT molecular complexity index is 1220. The molecule has 1 spiro atoms. The Kier molecular flexibility index (Phi) is 6.63. The topological polar surface area (TPSA) is 173 Å². The lowest BCUT2D eigenvalue weighted by atomic mass is 9.86. The number of carbonyl (C=O) groups excluding carboxylic acids is 5. The number of hydrogen-bond donors (Lipinski definition) is 3. The zero-order valence-corrected chi connectivity index (χ0v) is 22.3. The van der Waals surface area contributed by atoms with Crippen molar-refractivity contribution in [3.8, 4) is 5.75 Å². The maximum Gasteiger partial charge on any atom is 0.407 e. The second-order valence-electron chi connectivity index (χ2n) is 11.4. The van der Waals surface area contributed by atoms with Crippen molar-refractivity contribution in [2.75, 3.05) is 25.5 Å². The highest BCUT2D eigenvalue weighted by Gasteiger charge is 2.63. The van der Waals surface area contributed by atoms with Crippen LogP contribution in [0.15, 0.2) is 18.3 Å². The smallest absolute Gasteiger partial charge is 0.407 e. The summed E-state index contributed by atoms with van der Waals surface area (Å²) in [5.74, 6) is -1.43. The summed E-state index contributed by atoms with van der Waals surface area (Å²) >= 11 is 0. The monoisotopic (exact) mass is 542 g/mol. The van der Waals surface area contributed by atoms with E-state index < -0.39 is 52.9 Å². The molecule has 4 N–H and O–H groups in total. The number of methoxy groups -OCH3 is 1. The van der Waals surface area contributed by atoms with Crippen LogP contribution in [0.2, 0.25) is 0 Å². The van der Waals surface area contributed by atoms with Crippen LogP contribution < -0.4 is 21.1 Å². The average Bonchev–Trinajstić information content (AvgIpc) is 3.57. The van der Waals surface area contributed by atoms with Crippen molar-refractivity contribution in [1.29, 1.82) is 0 Å². The Balaban J connectivity index is 1.46. The van der Waals surface area contributed by atoms with Crippen molar-refractivity contribution in [2.45, 2.75) is 69.2 Å². The van der Waals surface area contributed by atoms with Crippen LogP contribution in [0.1, 0.15) is 46.0 Å². The van der Waals surface area contributed by atoms with Crippen LogP contribution in [0.3, 0.4) is 0 Å². The molecule has 1 aliphatic carbocycles. The number of aromatic nitrogens is 1. The fraction of sp³-hybridized carbons (Fsp3) is 0.615. The highest BCUT2D eigenvalue weighted by molar-refractivity contribution is 6.03. The van der Waals surface area contributed by atoms with E-state index in [9.17, 15) is 24.0 Å². The third kappa shape index (κ3) is 4.43. The molecular weight excluding hydrogens is 508 g/mol. The van der Waals surface area contributed by atoms with Gasteiger partial charge in [-0.05, 0) is 49.7 Å². The van der Waals surface area contributed by atoms with E-state index in [1.54, 1.807) is 17.0 Å². The van der Waals surface area contributed by atoms with Crippen LogP contribution in [0, 0.1) is 11.8 Å². The molecule has 1 aromatic heterocycles. The standard InChI is InChI=1S/C26H34N6O7/c1-14(2)9-25-7-6-15(10-25)19(32(25)18(33)12-29-24(37)38-3)22(35)31-13-26(11-16(31)20(27)34)23(36)30-21-17(39-26)5-4-8-28-21/h4-5,8,14-16,19H,6-7,9-13H2,1-3H3,(H2,27,34)(H,29,37)(H,28,30,36)/t15-,16-,19-,25-,26+/m0/s1. The molecule has 1 aromatic rings. The number of carbonyl (C=O) groups is 5. The summed E-state index contributed by atoms with van der Waals surface area (Å²) in [6, 6.07) is 1.34. The molecular formula is C26H34N6O7. The normalized spacial score (nSPS) is 30.7. The van der Waals surface area contributed by atoms with E-state index in [0.29, 0.717) is 18.6 Å². The number of nitrogens with one attached hydrogen (secondary N) is 2. The van der Waals surface area contributed by atoms with Crippen LogP contribution in [-0.4, -0.2) is 87.9 Å². The molecule has 3 aliphatic heterocycles. The lowest BCUT2D eigenvalue weighted by Gasteiger charge is -2.45. The molecule has 3 fully saturated rings. The molecule has 2 bridgehead atoms. The Morgan fingerprint density at radius 3 is 2.77 bits per heavy atom. The first-order chi connectivity index (χ1) is 18.5. The van der Waals surface area contributed by atoms with Gasteiger partial charge in [-0.3, -0.25) is 19.2 Å². The minimum Gasteiger partial charge on any atom is -0.472 e. The number of fused-ring (bicyclic) bond motifs is 3. The zero-order chi connectivity index (χ0) is 28.1. The van der Waals surface area contributed by atoms with E-state index in [2.05, 4.69) is 34.2 Å². The maximum absolute atomic E-state index is 14.3. The van der Waals surface area contributed by atoms with Gasteiger partial charge in [0.15, 0.2) is 11.6 Å². The fourth-order valence-electron chi connectivity index (χ4n) is 7.03. The third-order valence-corrected chi connectivity index (χ3v) is 8.40. The van der Waals surface area contributed by atoms with E-state index in [1.165, 1.54) is 18.2 Å². The molecule has 1 saturated carbocycles. The van der Waals surface area contributed by atoms with Crippen molar-refractivity contribution < 1.29 is 33.4 Å². The Labute approximate surface area is 225 Å². The Morgan fingerprint density at radius 2 is 2.08 bits per heavy atom. The third-order valence-electron chi connectivity index (χ3n) is 8.40. The van der Waals surface area contributed by atoms with Gasteiger partial charge in [0, 0.05) is 18.2 Å². The number of pyridine rings is 1. The minimum atomic E-state index is -1.53. The van der Waals surface area contributed by atoms with E-state index in [4.69, 9.17) is 10.5 Å². The highest BCUT2D eigenvalue weighted by atomic mass is 16.5.